The summed E-state index contributed by atoms with van der Waals surface area (Å²) in [7, 11) is 0. The molecule has 0 spiro atoms. The first-order valence-corrected chi connectivity index (χ1v) is 11.0. The van der Waals surface area contributed by atoms with Gasteiger partial charge in [-0.05, 0) is 49.9 Å². The molecule has 3 N–H and O–H groups in total. The lowest BCUT2D eigenvalue weighted by Gasteiger charge is -2.36. The van der Waals surface area contributed by atoms with Crippen molar-refractivity contribution in [1.29, 1.82) is 0 Å². The second-order valence-corrected chi connectivity index (χ2v) is 7.87. The Hall–Kier alpha value is -3.13. The maximum Gasteiger partial charge on any atom is 0.162 e. The minimum Gasteiger partial charge on any atom is -0.396 e. The normalized spacial score (nSPS) is 16.5. The first kappa shape index (κ1) is 21.1. The molecule has 0 aromatic carbocycles. The lowest BCUT2D eigenvalue weighted by atomic mass is 9.99. The fourth-order valence-electron chi connectivity index (χ4n) is 4.18. The van der Waals surface area contributed by atoms with Gasteiger partial charge in [0.1, 0.15) is 17.5 Å². The van der Waals surface area contributed by atoms with Crippen LogP contribution in [0.1, 0.15) is 43.7 Å². The van der Waals surface area contributed by atoms with Crippen molar-refractivity contribution in [2.24, 2.45) is 0 Å². The zero-order valence-electron chi connectivity index (χ0n) is 18.1. The van der Waals surface area contributed by atoms with Crippen LogP contribution in [-0.4, -0.2) is 43.9 Å². The standard InChI is InChI=1S/C23H31N7O/c1-3-18-16-27-30-21(26-15-17-8-9-20(24-4-2)25-14-17)13-22(28-23(18)30)29-11-6-5-7-19(29)10-12-31/h4,8-9,13-14,16,19,26,31H,2-3,5-7,10-12,15H2,1H3,(H,24,25)/t19-/m0/s1. The van der Waals surface area contributed by atoms with Gasteiger partial charge in [0.25, 0.3) is 0 Å². The van der Waals surface area contributed by atoms with E-state index < -0.39 is 0 Å². The number of anilines is 3. The fourth-order valence-corrected chi connectivity index (χ4v) is 4.18. The largest absolute Gasteiger partial charge is 0.396 e. The van der Waals surface area contributed by atoms with Crippen LogP contribution >= 0.6 is 0 Å². The summed E-state index contributed by atoms with van der Waals surface area (Å²) < 4.78 is 1.88. The molecule has 31 heavy (non-hydrogen) atoms. The Bertz CT molecular complexity index is 1010. The summed E-state index contributed by atoms with van der Waals surface area (Å²) in [6.45, 7) is 7.57. The summed E-state index contributed by atoms with van der Waals surface area (Å²) in [6.07, 6.45) is 10.4. The SMILES string of the molecule is C=CNc1ccc(CNc2cc(N3CCCC[C@H]3CCO)nc3c(CC)cnn23)cn1. The zero-order chi connectivity index (χ0) is 21.6. The molecule has 0 aliphatic carbocycles. The van der Waals surface area contributed by atoms with E-state index in [1.54, 1.807) is 6.20 Å². The highest BCUT2D eigenvalue weighted by Gasteiger charge is 2.24. The maximum atomic E-state index is 9.53. The average Bonchev–Trinajstić information content (AvgIpc) is 3.22. The molecule has 1 saturated heterocycles. The van der Waals surface area contributed by atoms with Crippen LogP contribution in [0, 0.1) is 0 Å². The Balaban J connectivity index is 1.63. The second-order valence-electron chi connectivity index (χ2n) is 7.87. The number of nitrogens with zero attached hydrogens (tertiary/aromatic N) is 5. The molecule has 8 nitrogen and oxygen atoms in total. The van der Waals surface area contributed by atoms with E-state index in [0.29, 0.717) is 12.6 Å². The van der Waals surface area contributed by atoms with Crippen LogP contribution < -0.4 is 15.5 Å². The van der Waals surface area contributed by atoms with Crippen molar-refractivity contribution >= 4 is 23.1 Å². The molecule has 3 aromatic heterocycles. The molecule has 0 radical (unpaired) electrons. The summed E-state index contributed by atoms with van der Waals surface area (Å²) in [4.78, 5) is 11.7. The minimum atomic E-state index is 0.200. The van der Waals surface area contributed by atoms with Gasteiger partial charge in [0, 0.05) is 43.6 Å². The van der Waals surface area contributed by atoms with Crippen molar-refractivity contribution in [1.82, 2.24) is 19.6 Å². The predicted octanol–water partition coefficient (Wildman–Crippen LogP) is 3.60. The van der Waals surface area contributed by atoms with Crippen LogP contribution in [0.25, 0.3) is 5.65 Å². The van der Waals surface area contributed by atoms with E-state index in [-0.39, 0.29) is 6.61 Å². The fraction of sp³-hybridized carbons (Fsp3) is 0.435. The molecule has 164 valence electrons. The monoisotopic (exact) mass is 421 g/mol. The predicted molar refractivity (Wildman–Crippen MR) is 124 cm³/mol. The molecule has 8 heteroatoms. The van der Waals surface area contributed by atoms with Gasteiger partial charge in [0.05, 0.1) is 6.20 Å². The molecule has 0 amide bonds. The van der Waals surface area contributed by atoms with Crippen molar-refractivity contribution in [2.75, 3.05) is 28.7 Å². The Morgan fingerprint density at radius 3 is 2.94 bits per heavy atom. The number of aliphatic hydroxyl groups is 1. The first-order valence-electron chi connectivity index (χ1n) is 11.0. The highest BCUT2D eigenvalue weighted by atomic mass is 16.3. The summed E-state index contributed by atoms with van der Waals surface area (Å²) in [6, 6.07) is 6.37. The smallest absolute Gasteiger partial charge is 0.162 e. The molecule has 4 rings (SSSR count). The Morgan fingerprint density at radius 1 is 1.29 bits per heavy atom. The van der Waals surface area contributed by atoms with E-state index in [4.69, 9.17) is 4.98 Å². The van der Waals surface area contributed by atoms with Crippen molar-refractivity contribution in [2.45, 2.75) is 51.6 Å². The third-order valence-corrected chi connectivity index (χ3v) is 5.84. The van der Waals surface area contributed by atoms with E-state index in [0.717, 1.165) is 66.5 Å². The van der Waals surface area contributed by atoms with Gasteiger partial charge < -0.3 is 20.6 Å². The van der Waals surface area contributed by atoms with Crippen LogP contribution in [0.5, 0.6) is 0 Å². The number of hydrogen-bond acceptors (Lipinski definition) is 7. The number of rotatable bonds is 9. The Labute approximate surface area is 183 Å². The van der Waals surface area contributed by atoms with Crippen molar-refractivity contribution in [3.63, 3.8) is 0 Å². The Kier molecular flexibility index (Phi) is 6.66. The van der Waals surface area contributed by atoms with Crippen LogP contribution in [0.15, 0.2) is 43.4 Å². The van der Waals surface area contributed by atoms with Crippen molar-refractivity contribution in [3.05, 3.63) is 54.5 Å². The van der Waals surface area contributed by atoms with E-state index in [9.17, 15) is 5.11 Å². The third-order valence-electron chi connectivity index (χ3n) is 5.84. The summed E-state index contributed by atoms with van der Waals surface area (Å²) >= 11 is 0. The number of piperidine rings is 1. The summed E-state index contributed by atoms with van der Waals surface area (Å²) in [5, 5.41) is 20.6. The highest BCUT2D eigenvalue weighted by Crippen LogP contribution is 2.29. The van der Waals surface area contributed by atoms with E-state index in [1.165, 1.54) is 6.42 Å². The van der Waals surface area contributed by atoms with Gasteiger partial charge in [0.15, 0.2) is 5.65 Å². The maximum absolute atomic E-state index is 9.53. The molecule has 0 unspecified atom stereocenters. The first-order chi connectivity index (χ1) is 15.2. The van der Waals surface area contributed by atoms with Gasteiger partial charge in [-0.1, -0.05) is 19.6 Å². The number of hydrogen-bond donors (Lipinski definition) is 3. The molecule has 1 atom stereocenters. The molecule has 1 fully saturated rings. The molecule has 1 aliphatic rings. The average molecular weight is 422 g/mol. The quantitative estimate of drug-likeness (QED) is 0.486. The van der Waals surface area contributed by atoms with E-state index in [2.05, 4.69) is 45.2 Å². The van der Waals surface area contributed by atoms with Crippen molar-refractivity contribution in [3.8, 4) is 0 Å². The number of aryl methyl sites for hydroxylation is 1. The van der Waals surface area contributed by atoms with Crippen LogP contribution in [-0.2, 0) is 13.0 Å². The van der Waals surface area contributed by atoms with Gasteiger partial charge in [0.2, 0.25) is 0 Å². The van der Waals surface area contributed by atoms with Crippen LogP contribution in [0.4, 0.5) is 17.5 Å². The Morgan fingerprint density at radius 2 is 2.19 bits per heavy atom. The highest BCUT2D eigenvalue weighted by molar-refractivity contribution is 5.61. The molecule has 4 heterocycles. The van der Waals surface area contributed by atoms with Gasteiger partial charge in [-0.15, -0.1) is 0 Å². The number of nitrogens with one attached hydrogen (secondary N) is 2. The molecule has 1 aliphatic heterocycles. The summed E-state index contributed by atoms with van der Waals surface area (Å²) in [5.74, 6) is 2.63. The van der Waals surface area contributed by atoms with Crippen LogP contribution in [0.3, 0.4) is 0 Å². The zero-order valence-corrected chi connectivity index (χ0v) is 18.1. The number of aromatic nitrogens is 4. The number of aliphatic hydroxyl groups excluding tert-OH is 1. The third kappa shape index (κ3) is 4.64. The van der Waals surface area contributed by atoms with Gasteiger partial charge in [-0.2, -0.15) is 9.61 Å². The minimum absolute atomic E-state index is 0.200. The molecule has 3 aromatic rings. The van der Waals surface area contributed by atoms with E-state index in [1.807, 2.05) is 29.0 Å². The van der Waals surface area contributed by atoms with Crippen molar-refractivity contribution < 1.29 is 5.11 Å². The molecule has 0 bridgehead atoms. The molecular weight excluding hydrogens is 390 g/mol. The molecular formula is C23H31N7O. The van der Waals surface area contributed by atoms with Crippen LogP contribution in [0.2, 0.25) is 0 Å². The number of fused-ring (bicyclic) bond motifs is 1. The lowest BCUT2D eigenvalue weighted by molar-refractivity contribution is 0.262. The second kappa shape index (κ2) is 9.78. The molecule has 0 saturated carbocycles. The number of pyridine rings is 1. The lowest BCUT2D eigenvalue weighted by Crippen LogP contribution is -2.40. The van der Waals surface area contributed by atoms with E-state index >= 15 is 0 Å². The van der Waals surface area contributed by atoms with Gasteiger partial charge in [-0.3, -0.25) is 0 Å². The topological polar surface area (TPSA) is 90.6 Å². The summed E-state index contributed by atoms with van der Waals surface area (Å²) in [5.41, 5.74) is 3.08. The van der Waals surface area contributed by atoms with Gasteiger partial charge >= 0.3 is 0 Å². The van der Waals surface area contributed by atoms with Gasteiger partial charge in [-0.25, -0.2) is 9.97 Å².